The van der Waals surface area contributed by atoms with Gasteiger partial charge in [0.15, 0.2) is 0 Å². The highest BCUT2D eigenvalue weighted by Gasteiger charge is 2.23. The Kier molecular flexibility index (Phi) is 7.77. The second-order valence-electron chi connectivity index (χ2n) is 9.19. The standard InChI is InChI=1S/C28H33N5O2/c1-20-9-11-22(12-10-20)21(2)17-30-27(23-7-5-4-6-8-23)28(35)31-25-14-13-24(18-29-25)33-16-15-32(3)26(34)19-33/h4-14,18,21,27,30H,15-17,19H2,1-3H3,(H,29,31,35)/t21-,27-/m1/s1. The van der Waals surface area contributed by atoms with Crippen molar-refractivity contribution in [2.75, 3.05) is 43.4 Å². The molecule has 35 heavy (non-hydrogen) atoms. The summed E-state index contributed by atoms with van der Waals surface area (Å²) in [6, 6.07) is 21.4. The van der Waals surface area contributed by atoms with Crippen LogP contribution in [-0.2, 0) is 9.59 Å². The maximum Gasteiger partial charge on any atom is 0.247 e. The molecule has 182 valence electrons. The molecule has 0 radical (unpaired) electrons. The highest BCUT2D eigenvalue weighted by Crippen LogP contribution is 2.21. The molecule has 2 aromatic carbocycles. The number of aryl methyl sites for hydroxylation is 1. The molecule has 1 aromatic heterocycles. The minimum absolute atomic E-state index is 0.0882. The second-order valence-corrected chi connectivity index (χ2v) is 9.19. The van der Waals surface area contributed by atoms with E-state index < -0.39 is 6.04 Å². The van der Waals surface area contributed by atoms with Gasteiger partial charge in [0.2, 0.25) is 11.8 Å². The molecule has 4 rings (SSSR count). The van der Waals surface area contributed by atoms with Gasteiger partial charge in [-0.25, -0.2) is 4.98 Å². The van der Waals surface area contributed by atoms with Crippen molar-refractivity contribution in [3.05, 3.63) is 89.6 Å². The molecular weight excluding hydrogens is 438 g/mol. The molecule has 3 aromatic rings. The summed E-state index contributed by atoms with van der Waals surface area (Å²) in [5, 5.41) is 6.40. The molecule has 0 bridgehead atoms. The van der Waals surface area contributed by atoms with Crippen LogP contribution in [0.3, 0.4) is 0 Å². The number of piperazine rings is 1. The Morgan fingerprint density at radius 2 is 1.74 bits per heavy atom. The number of pyridine rings is 1. The van der Waals surface area contributed by atoms with E-state index in [0.29, 0.717) is 25.5 Å². The first kappa shape index (κ1) is 24.4. The molecule has 2 amide bonds. The highest BCUT2D eigenvalue weighted by molar-refractivity contribution is 5.95. The van der Waals surface area contributed by atoms with Crippen molar-refractivity contribution in [2.45, 2.75) is 25.8 Å². The van der Waals surface area contributed by atoms with Gasteiger partial charge in [-0.05, 0) is 36.1 Å². The fourth-order valence-corrected chi connectivity index (χ4v) is 4.14. The number of benzene rings is 2. The van der Waals surface area contributed by atoms with E-state index in [4.69, 9.17) is 0 Å². The van der Waals surface area contributed by atoms with Crippen molar-refractivity contribution in [3.63, 3.8) is 0 Å². The zero-order chi connectivity index (χ0) is 24.8. The average molecular weight is 472 g/mol. The van der Waals surface area contributed by atoms with Gasteiger partial charge in [-0.3, -0.25) is 9.59 Å². The highest BCUT2D eigenvalue weighted by atomic mass is 16.2. The quantitative estimate of drug-likeness (QED) is 0.523. The first-order valence-electron chi connectivity index (χ1n) is 12.0. The molecule has 0 unspecified atom stereocenters. The van der Waals surface area contributed by atoms with Crippen LogP contribution in [0.5, 0.6) is 0 Å². The van der Waals surface area contributed by atoms with Crippen LogP contribution < -0.4 is 15.5 Å². The van der Waals surface area contributed by atoms with Gasteiger partial charge >= 0.3 is 0 Å². The summed E-state index contributed by atoms with van der Waals surface area (Å²) in [6.45, 7) is 6.66. The Morgan fingerprint density at radius 1 is 1.00 bits per heavy atom. The predicted molar refractivity (Wildman–Crippen MR) is 139 cm³/mol. The largest absolute Gasteiger partial charge is 0.359 e. The molecule has 2 N–H and O–H groups in total. The van der Waals surface area contributed by atoms with Gasteiger partial charge < -0.3 is 20.4 Å². The lowest BCUT2D eigenvalue weighted by molar-refractivity contribution is -0.129. The zero-order valence-corrected chi connectivity index (χ0v) is 20.6. The lowest BCUT2D eigenvalue weighted by Crippen LogP contribution is -2.48. The number of nitrogens with zero attached hydrogens (tertiary/aromatic N) is 3. The molecule has 7 heteroatoms. The zero-order valence-electron chi connectivity index (χ0n) is 20.6. The van der Waals surface area contributed by atoms with Crippen LogP contribution in [0.2, 0.25) is 0 Å². The Labute approximate surface area is 207 Å². The Bertz CT molecular complexity index is 1130. The van der Waals surface area contributed by atoms with E-state index in [2.05, 4.69) is 53.7 Å². The Balaban J connectivity index is 1.42. The van der Waals surface area contributed by atoms with E-state index >= 15 is 0 Å². The third-order valence-electron chi connectivity index (χ3n) is 6.49. The average Bonchev–Trinajstić information content (AvgIpc) is 2.87. The van der Waals surface area contributed by atoms with Crippen LogP contribution in [-0.4, -0.2) is 54.9 Å². The monoisotopic (exact) mass is 471 g/mol. The maximum absolute atomic E-state index is 13.3. The van der Waals surface area contributed by atoms with Crippen LogP contribution in [0, 0.1) is 6.92 Å². The van der Waals surface area contributed by atoms with Gasteiger partial charge in [0.1, 0.15) is 11.9 Å². The van der Waals surface area contributed by atoms with E-state index in [1.807, 2.05) is 48.3 Å². The second kappa shape index (κ2) is 11.1. The number of aromatic nitrogens is 1. The van der Waals surface area contributed by atoms with Gasteiger partial charge in [-0.2, -0.15) is 0 Å². The van der Waals surface area contributed by atoms with Crippen LogP contribution in [0.4, 0.5) is 11.5 Å². The number of rotatable bonds is 8. The van der Waals surface area contributed by atoms with Crippen LogP contribution >= 0.6 is 0 Å². The number of hydrogen-bond acceptors (Lipinski definition) is 5. The molecular formula is C28H33N5O2. The lowest BCUT2D eigenvalue weighted by Gasteiger charge is -2.33. The van der Waals surface area contributed by atoms with Gasteiger partial charge in [-0.1, -0.05) is 67.1 Å². The SMILES string of the molecule is Cc1ccc([C@H](C)CN[C@@H](C(=O)Nc2ccc(N3CCN(C)C(=O)C3)cn2)c2ccccc2)cc1. The van der Waals surface area contributed by atoms with Gasteiger partial charge in [0.25, 0.3) is 0 Å². The molecule has 2 heterocycles. The molecule has 1 saturated heterocycles. The van der Waals surface area contributed by atoms with Crippen molar-refractivity contribution in [3.8, 4) is 0 Å². The number of carbonyl (C=O) groups excluding carboxylic acids is 2. The van der Waals surface area contributed by atoms with E-state index in [1.165, 1.54) is 11.1 Å². The molecule has 1 aliphatic rings. The number of likely N-dealkylation sites (N-methyl/N-ethyl adjacent to an activating group) is 1. The fourth-order valence-electron chi connectivity index (χ4n) is 4.14. The summed E-state index contributed by atoms with van der Waals surface area (Å²) in [6.07, 6.45) is 1.71. The summed E-state index contributed by atoms with van der Waals surface area (Å²) < 4.78 is 0. The fraction of sp³-hybridized carbons (Fsp3) is 0.321. The number of amides is 2. The first-order chi connectivity index (χ1) is 16.9. The van der Waals surface area contributed by atoms with E-state index in [0.717, 1.165) is 17.8 Å². The molecule has 0 spiro atoms. The van der Waals surface area contributed by atoms with Gasteiger partial charge in [0, 0.05) is 26.7 Å². The summed E-state index contributed by atoms with van der Waals surface area (Å²) in [7, 11) is 1.81. The molecule has 1 fully saturated rings. The summed E-state index contributed by atoms with van der Waals surface area (Å²) >= 11 is 0. The summed E-state index contributed by atoms with van der Waals surface area (Å²) in [5.41, 5.74) is 4.23. The van der Waals surface area contributed by atoms with E-state index in [1.54, 1.807) is 17.2 Å². The predicted octanol–water partition coefficient (Wildman–Crippen LogP) is 3.74. The molecule has 2 atom stereocenters. The van der Waals surface area contributed by atoms with Crippen molar-refractivity contribution in [2.24, 2.45) is 0 Å². The van der Waals surface area contributed by atoms with Crippen LogP contribution in [0.25, 0.3) is 0 Å². The number of hydrogen-bond donors (Lipinski definition) is 2. The van der Waals surface area contributed by atoms with Gasteiger partial charge in [0.05, 0.1) is 18.4 Å². The normalized spacial score (nSPS) is 15.6. The van der Waals surface area contributed by atoms with Crippen molar-refractivity contribution in [1.29, 1.82) is 0 Å². The Hall–Kier alpha value is -3.71. The first-order valence-corrected chi connectivity index (χ1v) is 12.0. The molecule has 7 nitrogen and oxygen atoms in total. The Morgan fingerprint density at radius 3 is 2.40 bits per heavy atom. The van der Waals surface area contributed by atoms with Crippen molar-refractivity contribution >= 4 is 23.3 Å². The summed E-state index contributed by atoms with van der Waals surface area (Å²) in [4.78, 5) is 33.5. The van der Waals surface area contributed by atoms with Crippen LogP contribution in [0.15, 0.2) is 72.9 Å². The number of nitrogens with one attached hydrogen (secondary N) is 2. The van der Waals surface area contributed by atoms with Gasteiger partial charge in [-0.15, -0.1) is 0 Å². The smallest absolute Gasteiger partial charge is 0.247 e. The third-order valence-corrected chi connectivity index (χ3v) is 6.49. The molecule has 0 saturated carbocycles. The lowest BCUT2D eigenvalue weighted by atomic mass is 9.98. The van der Waals surface area contributed by atoms with E-state index in [9.17, 15) is 9.59 Å². The summed E-state index contributed by atoms with van der Waals surface area (Å²) in [5.74, 6) is 0.652. The minimum atomic E-state index is -0.513. The van der Waals surface area contributed by atoms with E-state index in [-0.39, 0.29) is 17.7 Å². The number of anilines is 2. The van der Waals surface area contributed by atoms with Crippen molar-refractivity contribution in [1.82, 2.24) is 15.2 Å². The minimum Gasteiger partial charge on any atom is -0.359 e. The number of carbonyl (C=O) groups is 2. The third kappa shape index (κ3) is 6.25. The van der Waals surface area contributed by atoms with Crippen molar-refractivity contribution < 1.29 is 9.59 Å². The maximum atomic E-state index is 13.3. The van der Waals surface area contributed by atoms with Crippen LogP contribution in [0.1, 0.15) is 35.6 Å². The molecule has 1 aliphatic heterocycles. The molecule has 0 aliphatic carbocycles. The topological polar surface area (TPSA) is 77.6 Å².